The fourth-order valence-corrected chi connectivity index (χ4v) is 3.60. The van der Waals surface area contributed by atoms with Crippen LogP contribution in [0.25, 0.3) is 11.3 Å². The highest BCUT2D eigenvalue weighted by molar-refractivity contribution is 5.69. The average Bonchev–Trinajstić information content (AvgIpc) is 3.19. The molecule has 0 amide bonds. The molecule has 0 saturated carbocycles. The SMILES string of the molecule is OC(CCc1ccccc1)c1[nH]nc(-c2ccc(F)cc2)c1C1C=CN=CC1. The number of H-pyrrole nitrogens is 1. The summed E-state index contributed by atoms with van der Waals surface area (Å²) in [6, 6.07) is 16.4. The van der Waals surface area contributed by atoms with Crippen molar-refractivity contribution in [3.8, 4) is 11.3 Å². The molecule has 4 rings (SSSR count). The first-order valence-corrected chi connectivity index (χ1v) is 9.47. The molecule has 5 heteroatoms. The third kappa shape index (κ3) is 3.94. The van der Waals surface area contributed by atoms with Crippen molar-refractivity contribution in [3.63, 3.8) is 0 Å². The summed E-state index contributed by atoms with van der Waals surface area (Å²) in [7, 11) is 0. The van der Waals surface area contributed by atoms with Crippen LogP contribution in [-0.2, 0) is 6.42 Å². The van der Waals surface area contributed by atoms with Gasteiger partial charge in [0, 0.05) is 29.5 Å². The van der Waals surface area contributed by atoms with Crippen LogP contribution in [0.4, 0.5) is 4.39 Å². The number of halogens is 1. The summed E-state index contributed by atoms with van der Waals surface area (Å²) in [5.41, 5.74) is 4.43. The Hall–Kier alpha value is -3.05. The first-order valence-electron chi connectivity index (χ1n) is 9.47. The van der Waals surface area contributed by atoms with Crippen molar-refractivity contribution in [1.82, 2.24) is 10.2 Å². The van der Waals surface area contributed by atoms with E-state index in [0.717, 1.165) is 35.4 Å². The number of aromatic nitrogens is 2. The van der Waals surface area contributed by atoms with Crippen LogP contribution in [0.2, 0.25) is 0 Å². The lowest BCUT2D eigenvalue weighted by Crippen LogP contribution is -2.08. The van der Waals surface area contributed by atoms with E-state index in [1.807, 2.05) is 30.5 Å². The largest absolute Gasteiger partial charge is 0.387 e. The molecular formula is C23H22FN3O. The van der Waals surface area contributed by atoms with Crippen molar-refractivity contribution < 1.29 is 9.50 Å². The van der Waals surface area contributed by atoms with Gasteiger partial charge in [-0.2, -0.15) is 5.10 Å². The summed E-state index contributed by atoms with van der Waals surface area (Å²) in [5, 5.41) is 18.4. The van der Waals surface area contributed by atoms with Crippen LogP contribution >= 0.6 is 0 Å². The van der Waals surface area contributed by atoms with Gasteiger partial charge in [-0.1, -0.05) is 36.4 Å². The molecule has 2 N–H and O–H groups in total. The fraction of sp³-hybridized carbons (Fsp3) is 0.217. The average molecular weight is 375 g/mol. The zero-order valence-corrected chi connectivity index (χ0v) is 15.4. The Balaban J connectivity index is 1.65. The second-order valence-electron chi connectivity index (χ2n) is 6.96. The third-order valence-electron chi connectivity index (χ3n) is 5.07. The third-order valence-corrected chi connectivity index (χ3v) is 5.07. The van der Waals surface area contributed by atoms with Crippen LogP contribution in [0, 0.1) is 5.82 Å². The summed E-state index contributed by atoms with van der Waals surface area (Å²) in [4.78, 5) is 4.15. The molecule has 4 nitrogen and oxygen atoms in total. The molecule has 1 aliphatic rings. The van der Waals surface area contributed by atoms with Crippen LogP contribution in [0.5, 0.6) is 0 Å². The van der Waals surface area contributed by atoms with Gasteiger partial charge in [-0.05, 0) is 49.1 Å². The number of aliphatic hydroxyl groups excluding tert-OH is 1. The maximum Gasteiger partial charge on any atom is 0.123 e. The summed E-state index contributed by atoms with van der Waals surface area (Å²) in [6.45, 7) is 0. The Bertz CT molecular complexity index is 977. The molecule has 0 aliphatic carbocycles. The molecule has 0 radical (unpaired) electrons. The molecule has 28 heavy (non-hydrogen) atoms. The normalized spacial score (nSPS) is 17.0. The molecule has 2 atom stereocenters. The fourth-order valence-electron chi connectivity index (χ4n) is 3.60. The van der Waals surface area contributed by atoms with Gasteiger partial charge >= 0.3 is 0 Å². The van der Waals surface area contributed by atoms with Gasteiger partial charge < -0.3 is 5.11 Å². The van der Waals surface area contributed by atoms with Crippen molar-refractivity contribution in [2.45, 2.75) is 31.3 Å². The zero-order valence-electron chi connectivity index (χ0n) is 15.4. The van der Waals surface area contributed by atoms with E-state index in [0.29, 0.717) is 6.42 Å². The molecule has 0 spiro atoms. The van der Waals surface area contributed by atoms with E-state index in [4.69, 9.17) is 0 Å². The molecular weight excluding hydrogens is 353 g/mol. The van der Waals surface area contributed by atoms with Gasteiger partial charge in [0.15, 0.2) is 0 Å². The van der Waals surface area contributed by atoms with Gasteiger partial charge in [0.05, 0.1) is 17.5 Å². The number of benzene rings is 2. The molecule has 2 unspecified atom stereocenters. The molecule has 0 saturated heterocycles. The molecule has 0 bridgehead atoms. The van der Waals surface area contributed by atoms with Gasteiger partial charge in [0.25, 0.3) is 0 Å². The Labute approximate surface area is 163 Å². The van der Waals surface area contributed by atoms with Crippen molar-refractivity contribution in [1.29, 1.82) is 0 Å². The van der Waals surface area contributed by atoms with E-state index in [1.165, 1.54) is 17.7 Å². The lowest BCUT2D eigenvalue weighted by Gasteiger charge is -2.18. The first kappa shape index (κ1) is 18.3. The Morgan fingerprint density at radius 1 is 1.11 bits per heavy atom. The quantitative estimate of drug-likeness (QED) is 0.640. The summed E-state index contributed by atoms with van der Waals surface area (Å²) >= 11 is 0. The number of hydrogen-bond donors (Lipinski definition) is 2. The number of nitrogens with zero attached hydrogens (tertiary/aromatic N) is 2. The Kier molecular flexibility index (Phi) is 5.44. The molecule has 1 aromatic heterocycles. The topological polar surface area (TPSA) is 61.3 Å². The lowest BCUT2D eigenvalue weighted by molar-refractivity contribution is 0.162. The maximum absolute atomic E-state index is 13.4. The number of aliphatic hydroxyl groups is 1. The maximum atomic E-state index is 13.4. The van der Waals surface area contributed by atoms with E-state index < -0.39 is 6.10 Å². The van der Waals surface area contributed by atoms with Crippen molar-refractivity contribution in [2.75, 3.05) is 0 Å². The number of aliphatic imine (C=N–C) groups is 1. The van der Waals surface area contributed by atoms with E-state index in [9.17, 15) is 9.50 Å². The Morgan fingerprint density at radius 2 is 1.89 bits per heavy atom. The molecule has 2 aromatic carbocycles. The van der Waals surface area contributed by atoms with Gasteiger partial charge in [-0.15, -0.1) is 0 Å². The molecule has 2 heterocycles. The molecule has 3 aromatic rings. The minimum Gasteiger partial charge on any atom is -0.387 e. The molecule has 1 aliphatic heterocycles. The van der Waals surface area contributed by atoms with Crippen molar-refractivity contribution in [3.05, 3.63) is 89.5 Å². The highest BCUT2D eigenvalue weighted by atomic mass is 19.1. The lowest BCUT2D eigenvalue weighted by atomic mass is 9.88. The van der Waals surface area contributed by atoms with E-state index in [1.54, 1.807) is 18.3 Å². The van der Waals surface area contributed by atoms with E-state index in [2.05, 4.69) is 27.3 Å². The second kappa shape index (κ2) is 8.31. The molecule has 0 fully saturated rings. The van der Waals surface area contributed by atoms with Gasteiger partial charge in [0.2, 0.25) is 0 Å². The summed E-state index contributed by atoms with van der Waals surface area (Å²) < 4.78 is 13.4. The van der Waals surface area contributed by atoms with Crippen LogP contribution in [0.15, 0.2) is 71.9 Å². The van der Waals surface area contributed by atoms with E-state index >= 15 is 0 Å². The number of hydrogen-bond acceptors (Lipinski definition) is 3. The predicted octanol–water partition coefficient (Wildman–Crippen LogP) is 4.95. The summed E-state index contributed by atoms with van der Waals surface area (Å²) in [5.74, 6) is -0.216. The number of rotatable bonds is 6. The van der Waals surface area contributed by atoms with Crippen molar-refractivity contribution in [2.24, 2.45) is 4.99 Å². The minimum absolute atomic E-state index is 0.0673. The molecule has 142 valence electrons. The highest BCUT2D eigenvalue weighted by Gasteiger charge is 2.26. The van der Waals surface area contributed by atoms with E-state index in [-0.39, 0.29) is 11.7 Å². The monoisotopic (exact) mass is 375 g/mol. The van der Waals surface area contributed by atoms with Crippen LogP contribution in [0.1, 0.15) is 41.7 Å². The van der Waals surface area contributed by atoms with Gasteiger partial charge in [-0.3, -0.25) is 10.1 Å². The second-order valence-corrected chi connectivity index (χ2v) is 6.96. The van der Waals surface area contributed by atoms with Crippen LogP contribution in [-0.4, -0.2) is 21.5 Å². The number of allylic oxidation sites excluding steroid dienone is 1. The minimum atomic E-state index is -0.663. The first-order chi connectivity index (χ1) is 13.7. The number of aryl methyl sites for hydroxylation is 1. The van der Waals surface area contributed by atoms with Crippen LogP contribution < -0.4 is 0 Å². The smallest absolute Gasteiger partial charge is 0.123 e. The number of aromatic amines is 1. The zero-order chi connectivity index (χ0) is 19.3. The highest BCUT2D eigenvalue weighted by Crippen LogP contribution is 2.37. The van der Waals surface area contributed by atoms with Crippen molar-refractivity contribution >= 4 is 6.21 Å². The summed E-state index contributed by atoms with van der Waals surface area (Å²) in [6.07, 6.45) is 7.10. The van der Waals surface area contributed by atoms with Gasteiger partial charge in [0.1, 0.15) is 5.82 Å². The Morgan fingerprint density at radius 3 is 2.61 bits per heavy atom. The van der Waals surface area contributed by atoms with Gasteiger partial charge in [-0.25, -0.2) is 4.39 Å². The predicted molar refractivity (Wildman–Crippen MR) is 109 cm³/mol. The number of nitrogens with one attached hydrogen (secondary N) is 1. The standard InChI is InChI=1S/C23H22FN3O/c24-19-9-7-18(8-10-19)22-21(17-12-14-25-15-13-17)23(27-26-22)20(28)11-6-16-4-2-1-3-5-16/h1-5,7-10,12,14-15,17,20,28H,6,11,13H2,(H,26,27). The van der Waals surface area contributed by atoms with Crippen LogP contribution in [0.3, 0.4) is 0 Å².